The maximum Gasteiger partial charge on any atom is 0.240 e. The van der Waals surface area contributed by atoms with E-state index in [1.807, 2.05) is 43.5 Å². The molecule has 3 rings (SSSR count). The van der Waals surface area contributed by atoms with E-state index in [1.54, 1.807) is 10.9 Å². The van der Waals surface area contributed by atoms with E-state index in [9.17, 15) is 4.79 Å². The summed E-state index contributed by atoms with van der Waals surface area (Å²) in [5.74, 6) is -0.122. The molecule has 1 aromatic carbocycles. The van der Waals surface area contributed by atoms with Crippen LogP contribution in [0, 0.1) is 0 Å². The first-order valence-corrected chi connectivity index (χ1v) is 7.87. The van der Waals surface area contributed by atoms with E-state index in [0.717, 1.165) is 11.3 Å². The number of carbonyl (C=O) groups is 1. The minimum Gasteiger partial charge on any atom is -0.381 e. The molecule has 1 atom stereocenters. The zero-order valence-corrected chi connectivity index (χ0v) is 14.5. The van der Waals surface area contributed by atoms with Crippen molar-refractivity contribution in [2.24, 2.45) is 5.73 Å². The van der Waals surface area contributed by atoms with Crippen LogP contribution in [0.15, 0.2) is 42.7 Å². The van der Waals surface area contributed by atoms with Gasteiger partial charge in [0.1, 0.15) is 0 Å². The molecule has 0 saturated carbocycles. The first-order valence-electron chi connectivity index (χ1n) is 7.87. The molecule has 0 bridgehead atoms. The van der Waals surface area contributed by atoms with E-state index < -0.39 is 5.54 Å². The highest BCUT2D eigenvalue weighted by Crippen LogP contribution is 2.23. The topological polar surface area (TPSA) is 82.2 Å². The molecule has 2 heterocycles. The summed E-state index contributed by atoms with van der Waals surface area (Å²) >= 11 is 0. The van der Waals surface area contributed by atoms with Crippen LogP contribution < -0.4 is 11.1 Å². The van der Waals surface area contributed by atoms with Crippen LogP contribution >= 0.6 is 12.4 Å². The van der Waals surface area contributed by atoms with E-state index in [-0.39, 0.29) is 24.4 Å². The number of carbonyl (C=O) groups excluding carboxylic acids is 1. The van der Waals surface area contributed by atoms with Gasteiger partial charge in [-0.3, -0.25) is 4.79 Å². The molecule has 7 heteroatoms. The number of nitrogens with zero attached hydrogens (tertiary/aromatic N) is 2. The number of amides is 1. The maximum atomic E-state index is 12.6. The van der Waals surface area contributed by atoms with Crippen molar-refractivity contribution in [1.82, 2.24) is 15.1 Å². The lowest BCUT2D eigenvalue weighted by Crippen LogP contribution is -2.57. The molecule has 1 aliphatic heterocycles. The third-order valence-electron chi connectivity index (χ3n) is 4.34. The number of rotatable bonds is 4. The second-order valence-electron chi connectivity index (χ2n) is 5.97. The molecular weight excluding hydrogens is 328 g/mol. The van der Waals surface area contributed by atoms with Gasteiger partial charge in [0.25, 0.3) is 0 Å². The Bertz CT molecular complexity index is 669. The molecule has 0 radical (unpaired) electrons. The Labute approximate surface area is 147 Å². The second kappa shape index (κ2) is 7.79. The van der Waals surface area contributed by atoms with Crippen molar-refractivity contribution in [1.29, 1.82) is 0 Å². The molecule has 0 aliphatic carbocycles. The van der Waals surface area contributed by atoms with E-state index in [4.69, 9.17) is 10.5 Å². The van der Waals surface area contributed by atoms with Gasteiger partial charge in [-0.1, -0.05) is 18.2 Å². The predicted octanol–water partition coefficient (Wildman–Crippen LogP) is 1.98. The van der Waals surface area contributed by atoms with E-state index >= 15 is 0 Å². The van der Waals surface area contributed by atoms with Crippen molar-refractivity contribution >= 4 is 18.3 Å². The molecule has 24 heavy (non-hydrogen) atoms. The summed E-state index contributed by atoms with van der Waals surface area (Å²) in [6.45, 7) is 3.02. The SMILES string of the molecule is CC(NC(=O)C1(N)CCOCC1)c1ccccc1-n1cccn1.Cl. The molecule has 6 nitrogen and oxygen atoms in total. The maximum absolute atomic E-state index is 12.6. The summed E-state index contributed by atoms with van der Waals surface area (Å²) in [6.07, 6.45) is 4.71. The van der Waals surface area contributed by atoms with Gasteiger partial charge in [0.05, 0.1) is 17.3 Å². The number of nitrogens with one attached hydrogen (secondary N) is 1. The molecule has 130 valence electrons. The zero-order chi connectivity index (χ0) is 16.3. The normalized spacial score (nSPS) is 17.6. The Morgan fingerprint density at radius 1 is 1.33 bits per heavy atom. The fourth-order valence-corrected chi connectivity index (χ4v) is 2.85. The molecule has 1 unspecified atom stereocenters. The van der Waals surface area contributed by atoms with Gasteiger partial charge in [0.15, 0.2) is 0 Å². The van der Waals surface area contributed by atoms with Crippen LogP contribution in [0.4, 0.5) is 0 Å². The molecule has 1 amide bonds. The molecule has 1 aromatic heterocycles. The Balaban J connectivity index is 0.00000208. The average molecular weight is 351 g/mol. The van der Waals surface area contributed by atoms with Gasteiger partial charge in [-0.15, -0.1) is 12.4 Å². The number of hydrogen-bond acceptors (Lipinski definition) is 4. The van der Waals surface area contributed by atoms with Crippen LogP contribution in [0.25, 0.3) is 5.69 Å². The van der Waals surface area contributed by atoms with Gasteiger partial charge < -0.3 is 15.8 Å². The fourth-order valence-electron chi connectivity index (χ4n) is 2.85. The lowest BCUT2D eigenvalue weighted by Gasteiger charge is -2.33. The van der Waals surface area contributed by atoms with Gasteiger partial charge in [-0.25, -0.2) is 4.68 Å². The molecular formula is C17H23ClN4O2. The van der Waals surface area contributed by atoms with Crippen LogP contribution in [0.3, 0.4) is 0 Å². The predicted molar refractivity (Wildman–Crippen MR) is 94.3 cm³/mol. The number of halogens is 1. The minimum absolute atomic E-state index is 0. The van der Waals surface area contributed by atoms with Gasteiger partial charge in [-0.05, 0) is 37.5 Å². The van der Waals surface area contributed by atoms with Crippen molar-refractivity contribution in [2.45, 2.75) is 31.3 Å². The van der Waals surface area contributed by atoms with Crippen molar-refractivity contribution in [3.63, 3.8) is 0 Å². The number of benzene rings is 1. The number of nitrogens with two attached hydrogens (primary N) is 1. The zero-order valence-electron chi connectivity index (χ0n) is 13.6. The van der Waals surface area contributed by atoms with Gasteiger partial charge in [0.2, 0.25) is 5.91 Å². The molecule has 3 N–H and O–H groups in total. The molecule has 1 aliphatic rings. The molecule has 1 fully saturated rings. The van der Waals surface area contributed by atoms with E-state index in [1.165, 1.54) is 0 Å². The Kier molecular flexibility index (Phi) is 5.99. The average Bonchev–Trinajstić information content (AvgIpc) is 3.10. The quantitative estimate of drug-likeness (QED) is 0.883. The molecule has 0 spiro atoms. The highest BCUT2D eigenvalue weighted by molar-refractivity contribution is 5.86. The van der Waals surface area contributed by atoms with Crippen molar-refractivity contribution < 1.29 is 9.53 Å². The van der Waals surface area contributed by atoms with Crippen LogP contribution in [0.2, 0.25) is 0 Å². The van der Waals surface area contributed by atoms with Crippen molar-refractivity contribution in [3.05, 3.63) is 48.3 Å². The first kappa shape index (κ1) is 18.4. The van der Waals surface area contributed by atoms with Crippen LogP contribution in [-0.4, -0.2) is 34.4 Å². The summed E-state index contributed by atoms with van der Waals surface area (Å²) in [6, 6.07) is 9.60. The highest BCUT2D eigenvalue weighted by Gasteiger charge is 2.36. The Morgan fingerprint density at radius 2 is 2.04 bits per heavy atom. The smallest absolute Gasteiger partial charge is 0.240 e. The van der Waals surface area contributed by atoms with Gasteiger partial charge >= 0.3 is 0 Å². The minimum atomic E-state index is -0.840. The standard InChI is InChI=1S/C17H22N4O2.ClH/c1-13(20-16(22)17(18)7-11-23-12-8-17)14-5-2-3-6-15(14)21-10-4-9-19-21;/h2-6,9-10,13H,7-8,11-12,18H2,1H3,(H,20,22);1H. The summed E-state index contributed by atoms with van der Waals surface area (Å²) < 4.78 is 7.10. The Morgan fingerprint density at radius 3 is 2.71 bits per heavy atom. The van der Waals surface area contributed by atoms with E-state index in [2.05, 4.69) is 10.4 Å². The lowest BCUT2D eigenvalue weighted by molar-refractivity contribution is -0.130. The summed E-state index contributed by atoms with van der Waals surface area (Å²) in [4.78, 5) is 12.6. The van der Waals surface area contributed by atoms with Crippen LogP contribution in [-0.2, 0) is 9.53 Å². The van der Waals surface area contributed by atoms with Crippen molar-refractivity contribution in [2.75, 3.05) is 13.2 Å². The summed E-state index contributed by atoms with van der Waals surface area (Å²) in [5, 5.41) is 7.32. The third kappa shape index (κ3) is 3.77. The molecule has 1 saturated heterocycles. The third-order valence-corrected chi connectivity index (χ3v) is 4.34. The number of hydrogen-bond donors (Lipinski definition) is 2. The lowest BCUT2D eigenvalue weighted by atomic mass is 9.90. The fraction of sp³-hybridized carbons (Fsp3) is 0.412. The van der Waals surface area contributed by atoms with Gasteiger partial charge in [-0.2, -0.15) is 5.10 Å². The van der Waals surface area contributed by atoms with Crippen molar-refractivity contribution in [3.8, 4) is 5.69 Å². The van der Waals surface area contributed by atoms with Crippen LogP contribution in [0.5, 0.6) is 0 Å². The molecule has 2 aromatic rings. The largest absolute Gasteiger partial charge is 0.381 e. The summed E-state index contributed by atoms with van der Waals surface area (Å²) in [5.41, 5.74) is 7.36. The monoisotopic (exact) mass is 350 g/mol. The highest BCUT2D eigenvalue weighted by atomic mass is 35.5. The van der Waals surface area contributed by atoms with E-state index in [0.29, 0.717) is 26.1 Å². The number of aromatic nitrogens is 2. The Hall–Kier alpha value is -1.89. The summed E-state index contributed by atoms with van der Waals surface area (Å²) in [7, 11) is 0. The number of ether oxygens (including phenoxy) is 1. The second-order valence-corrected chi connectivity index (χ2v) is 5.97. The number of para-hydroxylation sites is 1. The van der Waals surface area contributed by atoms with Gasteiger partial charge in [0, 0.05) is 25.6 Å². The first-order chi connectivity index (χ1) is 11.1. The van der Waals surface area contributed by atoms with Crippen LogP contribution in [0.1, 0.15) is 31.4 Å².